The number of nitrogens with one attached hydrogen (secondary N) is 1. The lowest BCUT2D eigenvalue weighted by atomic mass is 10.1. The minimum absolute atomic E-state index is 0.0377. The van der Waals surface area contributed by atoms with Crippen molar-refractivity contribution in [3.63, 3.8) is 0 Å². The molecule has 10 heteroatoms. The third kappa shape index (κ3) is 4.34. The van der Waals surface area contributed by atoms with Crippen LogP contribution in [-0.4, -0.2) is 61.5 Å². The van der Waals surface area contributed by atoms with Crippen molar-refractivity contribution in [3.05, 3.63) is 59.2 Å². The number of rotatable bonds is 4. The summed E-state index contributed by atoms with van der Waals surface area (Å²) in [6.07, 6.45) is 2.36. The van der Waals surface area contributed by atoms with Gasteiger partial charge in [-0.1, -0.05) is 0 Å². The third-order valence-electron chi connectivity index (χ3n) is 4.52. The lowest BCUT2D eigenvalue weighted by Gasteiger charge is -2.35. The Morgan fingerprint density at radius 3 is 2.36 bits per heavy atom. The number of halogens is 1. The minimum atomic E-state index is -2.44. The lowest BCUT2D eigenvalue weighted by Crippen LogP contribution is -2.50. The first-order chi connectivity index (χ1) is 13.4. The van der Waals surface area contributed by atoms with E-state index in [2.05, 4.69) is 9.71 Å². The molecule has 0 radical (unpaired) electrons. The van der Waals surface area contributed by atoms with Crippen LogP contribution in [0.4, 0.5) is 10.1 Å². The Morgan fingerprint density at radius 1 is 1.14 bits per heavy atom. The molecule has 1 unspecified atom stereocenters. The number of anilines is 1. The van der Waals surface area contributed by atoms with Gasteiger partial charge in [0.05, 0.1) is 11.8 Å². The van der Waals surface area contributed by atoms with E-state index in [1.807, 2.05) is 0 Å². The van der Waals surface area contributed by atoms with E-state index in [1.54, 1.807) is 24.0 Å². The predicted octanol–water partition coefficient (Wildman–Crippen LogP) is 1.33. The highest BCUT2D eigenvalue weighted by Gasteiger charge is 2.27. The van der Waals surface area contributed by atoms with Crippen molar-refractivity contribution in [2.24, 2.45) is 0 Å². The van der Waals surface area contributed by atoms with Gasteiger partial charge in [-0.25, -0.2) is 4.39 Å². The van der Waals surface area contributed by atoms with Crippen LogP contribution in [0, 0.1) is 12.7 Å². The Labute approximate surface area is 163 Å². The van der Waals surface area contributed by atoms with Gasteiger partial charge in [0.1, 0.15) is 0 Å². The summed E-state index contributed by atoms with van der Waals surface area (Å²) in [6.45, 7) is 2.92. The molecule has 1 aliphatic rings. The van der Waals surface area contributed by atoms with Gasteiger partial charge in [0.2, 0.25) is 0 Å². The molecule has 8 nitrogen and oxygen atoms in total. The number of benzene rings is 1. The Balaban J connectivity index is 1.64. The van der Waals surface area contributed by atoms with Crippen LogP contribution in [0.15, 0.2) is 36.7 Å². The smallest absolute Gasteiger partial charge is 0.257 e. The first-order valence-electron chi connectivity index (χ1n) is 8.51. The van der Waals surface area contributed by atoms with E-state index in [9.17, 15) is 22.7 Å². The van der Waals surface area contributed by atoms with Crippen LogP contribution in [0.25, 0.3) is 0 Å². The summed E-state index contributed by atoms with van der Waals surface area (Å²) >= 11 is -2.44. The number of carbonyl (C=O) groups excluding carboxylic acids is 2. The van der Waals surface area contributed by atoms with Crippen LogP contribution >= 0.6 is 0 Å². The van der Waals surface area contributed by atoms with Gasteiger partial charge in [-0.2, -0.15) is 0 Å². The van der Waals surface area contributed by atoms with Crippen LogP contribution in [0.2, 0.25) is 0 Å². The van der Waals surface area contributed by atoms with Crippen LogP contribution in [0.1, 0.15) is 26.3 Å². The summed E-state index contributed by atoms with van der Waals surface area (Å²) in [5.74, 6) is -1.31. The normalized spacial score (nSPS) is 15.2. The zero-order valence-electron chi connectivity index (χ0n) is 15.1. The molecule has 1 saturated heterocycles. The maximum absolute atomic E-state index is 13.8. The fourth-order valence-corrected chi connectivity index (χ4v) is 3.42. The summed E-state index contributed by atoms with van der Waals surface area (Å²) in [6, 6.07) is 6.03. The molecule has 1 fully saturated rings. The fourth-order valence-electron chi connectivity index (χ4n) is 3.02. The summed E-state index contributed by atoms with van der Waals surface area (Å²) in [7, 11) is 0. The van der Waals surface area contributed by atoms with Gasteiger partial charge in [-0.3, -0.25) is 18.8 Å². The van der Waals surface area contributed by atoms with Gasteiger partial charge < -0.3 is 19.1 Å². The van der Waals surface area contributed by atoms with Crippen molar-refractivity contribution < 1.29 is 22.7 Å². The first-order valence-corrected chi connectivity index (χ1v) is 9.59. The first kappa shape index (κ1) is 19.9. The molecule has 1 atom stereocenters. The van der Waals surface area contributed by atoms with Crippen LogP contribution in [0.5, 0.6) is 0 Å². The molecule has 1 N–H and O–H groups in total. The number of aromatic nitrogens is 1. The number of hydrogen-bond acceptors (Lipinski definition) is 5. The monoisotopic (exact) mass is 405 g/mol. The fraction of sp³-hybridized carbons (Fsp3) is 0.278. The average molecular weight is 405 g/mol. The Kier molecular flexibility index (Phi) is 6.00. The standard InChI is InChI=1S/C18H19FN4O4S/c1-12-10-13(2-3-16(12)21-28(26)27)17(24)22-6-8-23(9-7-22)18(25)14-4-5-20-11-15(14)19/h2-5,10-11,21H,6-9H2,1H3,(H,26,27)/p-1. The van der Waals surface area contributed by atoms with E-state index in [0.717, 1.165) is 6.20 Å². The quantitative estimate of drug-likeness (QED) is 0.773. The van der Waals surface area contributed by atoms with Gasteiger partial charge in [0, 0.05) is 54.9 Å². The minimum Gasteiger partial charge on any atom is -0.755 e. The second-order valence-electron chi connectivity index (χ2n) is 6.31. The van der Waals surface area contributed by atoms with Crippen LogP contribution in [0.3, 0.4) is 0 Å². The Bertz CT molecular complexity index is 932. The molecular formula is C18H18FN4O4S-. The molecule has 0 spiro atoms. The Morgan fingerprint density at radius 2 is 1.79 bits per heavy atom. The van der Waals surface area contributed by atoms with Crippen molar-refractivity contribution in [3.8, 4) is 0 Å². The third-order valence-corrected chi connectivity index (χ3v) is 4.91. The van der Waals surface area contributed by atoms with E-state index in [-0.39, 0.29) is 11.5 Å². The summed E-state index contributed by atoms with van der Waals surface area (Å²) < 4.78 is 37.5. The topological polar surface area (TPSA) is 106 Å². The van der Waals surface area contributed by atoms with Crippen molar-refractivity contribution in [2.75, 3.05) is 30.9 Å². The molecule has 2 aromatic rings. The molecule has 0 bridgehead atoms. The van der Waals surface area contributed by atoms with Crippen molar-refractivity contribution in [1.82, 2.24) is 14.8 Å². The van der Waals surface area contributed by atoms with Crippen LogP contribution < -0.4 is 4.72 Å². The zero-order valence-corrected chi connectivity index (χ0v) is 15.9. The van der Waals surface area contributed by atoms with E-state index in [1.165, 1.54) is 23.2 Å². The SMILES string of the molecule is Cc1cc(C(=O)N2CCN(C(=O)c3ccncc3F)CC2)ccc1NS(=O)[O-]. The maximum Gasteiger partial charge on any atom is 0.257 e. The van der Waals surface area contributed by atoms with E-state index >= 15 is 0 Å². The maximum atomic E-state index is 13.8. The molecule has 2 heterocycles. The number of carbonyl (C=O) groups is 2. The van der Waals surface area contributed by atoms with Gasteiger partial charge in [0.25, 0.3) is 11.8 Å². The largest absolute Gasteiger partial charge is 0.755 e. The number of nitrogens with zero attached hydrogens (tertiary/aromatic N) is 3. The molecule has 28 heavy (non-hydrogen) atoms. The molecule has 2 amide bonds. The molecule has 1 aromatic carbocycles. The van der Waals surface area contributed by atoms with Crippen LogP contribution in [-0.2, 0) is 11.3 Å². The Hall–Kier alpha value is -2.85. The van der Waals surface area contributed by atoms with Gasteiger partial charge in [-0.05, 0) is 36.8 Å². The lowest BCUT2D eigenvalue weighted by molar-refractivity contribution is 0.0532. The molecule has 0 aliphatic carbocycles. The molecule has 0 saturated carbocycles. The average Bonchev–Trinajstić information content (AvgIpc) is 2.68. The number of aryl methyl sites for hydroxylation is 1. The van der Waals surface area contributed by atoms with E-state index in [0.29, 0.717) is 43.0 Å². The number of amides is 2. The van der Waals surface area contributed by atoms with Gasteiger partial charge in [0.15, 0.2) is 5.82 Å². The molecule has 1 aromatic heterocycles. The summed E-state index contributed by atoms with van der Waals surface area (Å²) in [5, 5.41) is 0. The zero-order chi connectivity index (χ0) is 20.3. The highest BCUT2D eigenvalue weighted by atomic mass is 32.2. The number of hydrogen-bond donors (Lipinski definition) is 1. The molecule has 1 aliphatic heterocycles. The van der Waals surface area contributed by atoms with Crippen molar-refractivity contribution in [2.45, 2.75) is 6.92 Å². The van der Waals surface area contributed by atoms with Crippen molar-refractivity contribution >= 4 is 28.8 Å². The summed E-state index contributed by atoms with van der Waals surface area (Å²) in [5.41, 5.74) is 1.42. The van der Waals surface area contributed by atoms with Gasteiger partial charge in [-0.15, -0.1) is 0 Å². The van der Waals surface area contributed by atoms with E-state index < -0.39 is 23.0 Å². The molecular weight excluding hydrogens is 387 g/mol. The summed E-state index contributed by atoms with van der Waals surface area (Å²) in [4.78, 5) is 31.9. The molecule has 3 rings (SSSR count). The highest BCUT2D eigenvalue weighted by Crippen LogP contribution is 2.19. The highest BCUT2D eigenvalue weighted by molar-refractivity contribution is 7.80. The predicted molar refractivity (Wildman–Crippen MR) is 99.7 cm³/mol. The van der Waals surface area contributed by atoms with Crippen molar-refractivity contribution in [1.29, 1.82) is 0 Å². The van der Waals surface area contributed by atoms with Gasteiger partial charge >= 0.3 is 0 Å². The van der Waals surface area contributed by atoms with E-state index in [4.69, 9.17) is 0 Å². The second kappa shape index (κ2) is 8.44. The second-order valence-corrected chi connectivity index (χ2v) is 6.98. The number of piperazine rings is 1. The number of pyridine rings is 1. The molecule has 148 valence electrons.